The number of hydrogen-bond donors (Lipinski definition) is 0. The largest absolute Gasteiger partial charge is 0.228 e. The molecule has 1 unspecified atom stereocenters. The first kappa shape index (κ1) is 13.7. The Labute approximate surface area is 103 Å². The average molecular weight is 251 g/mol. The molecule has 92 valence electrons. The Bertz CT molecular complexity index is 521. The first-order valence-corrected chi connectivity index (χ1v) is 7.32. The van der Waals surface area contributed by atoms with E-state index in [-0.39, 0.29) is 11.5 Å². The van der Waals surface area contributed by atoms with E-state index in [2.05, 4.69) is 0 Å². The van der Waals surface area contributed by atoms with Gasteiger partial charge < -0.3 is 0 Å². The van der Waals surface area contributed by atoms with Gasteiger partial charge in [0, 0.05) is 0 Å². The molecule has 0 heterocycles. The lowest BCUT2D eigenvalue weighted by molar-refractivity contribution is 0.588. The summed E-state index contributed by atoms with van der Waals surface area (Å²) in [5.74, 6) is -0.510. The van der Waals surface area contributed by atoms with E-state index >= 15 is 0 Å². The summed E-state index contributed by atoms with van der Waals surface area (Å²) in [6.45, 7) is 5.51. The minimum absolute atomic E-state index is 0.0154. The van der Waals surface area contributed by atoms with Crippen LogP contribution in [0.25, 0.3) is 0 Å². The number of aryl methyl sites for hydroxylation is 2. The molecule has 0 saturated carbocycles. The van der Waals surface area contributed by atoms with Crippen molar-refractivity contribution in [3.05, 3.63) is 34.9 Å². The van der Waals surface area contributed by atoms with Crippen molar-refractivity contribution in [3.8, 4) is 6.07 Å². The predicted octanol–water partition coefficient (Wildman–Crippen LogP) is 2.38. The molecule has 1 aromatic carbocycles. The van der Waals surface area contributed by atoms with Crippen LogP contribution in [-0.4, -0.2) is 14.2 Å². The molecule has 1 aromatic rings. The third-order valence-corrected chi connectivity index (χ3v) is 4.17. The van der Waals surface area contributed by atoms with E-state index in [1.54, 1.807) is 6.92 Å². The van der Waals surface area contributed by atoms with Crippen molar-refractivity contribution in [2.75, 3.05) is 5.75 Å². The highest BCUT2D eigenvalue weighted by molar-refractivity contribution is 7.90. The third-order valence-electron chi connectivity index (χ3n) is 2.39. The first-order chi connectivity index (χ1) is 7.82. The van der Waals surface area contributed by atoms with Crippen molar-refractivity contribution in [1.82, 2.24) is 0 Å². The second kappa shape index (κ2) is 5.33. The van der Waals surface area contributed by atoms with E-state index in [1.165, 1.54) is 0 Å². The van der Waals surface area contributed by atoms with E-state index in [9.17, 15) is 8.42 Å². The number of hydrogen-bond acceptors (Lipinski definition) is 3. The maximum Gasteiger partial charge on any atom is 0.155 e. The van der Waals surface area contributed by atoms with Gasteiger partial charge in [0.15, 0.2) is 9.84 Å². The standard InChI is InChI=1S/C13H17NO2S/c1-10-4-11(2)6-13(5-10)9-17(15,16)8-12(3)7-14/h4-6,12H,8-9H2,1-3H3. The zero-order chi connectivity index (χ0) is 13.1. The fourth-order valence-corrected chi connectivity index (χ4v) is 3.51. The van der Waals surface area contributed by atoms with Gasteiger partial charge >= 0.3 is 0 Å². The summed E-state index contributed by atoms with van der Waals surface area (Å²) in [7, 11) is -3.20. The zero-order valence-electron chi connectivity index (χ0n) is 10.4. The van der Waals surface area contributed by atoms with Crippen LogP contribution in [0, 0.1) is 31.1 Å². The average Bonchev–Trinajstić information content (AvgIpc) is 2.13. The molecule has 0 bridgehead atoms. The zero-order valence-corrected chi connectivity index (χ0v) is 11.2. The Morgan fingerprint density at radius 1 is 1.24 bits per heavy atom. The summed E-state index contributed by atoms with van der Waals surface area (Å²) in [4.78, 5) is 0. The molecular weight excluding hydrogens is 234 g/mol. The molecule has 0 aromatic heterocycles. The Balaban J connectivity index is 2.87. The van der Waals surface area contributed by atoms with Crippen molar-refractivity contribution in [3.63, 3.8) is 0 Å². The molecule has 0 aliphatic heterocycles. The summed E-state index contributed by atoms with van der Waals surface area (Å²) < 4.78 is 23.7. The smallest absolute Gasteiger partial charge is 0.155 e. The van der Waals surface area contributed by atoms with Crippen LogP contribution in [0.15, 0.2) is 18.2 Å². The number of rotatable bonds is 4. The maximum absolute atomic E-state index is 11.8. The molecule has 3 nitrogen and oxygen atoms in total. The van der Waals surface area contributed by atoms with E-state index in [4.69, 9.17) is 5.26 Å². The van der Waals surface area contributed by atoms with Crippen molar-refractivity contribution >= 4 is 9.84 Å². The molecular formula is C13H17NO2S. The molecule has 17 heavy (non-hydrogen) atoms. The summed E-state index contributed by atoms with van der Waals surface area (Å²) in [6, 6.07) is 7.71. The van der Waals surface area contributed by atoms with Crippen molar-refractivity contribution in [2.45, 2.75) is 26.5 Å². The minimum atomic E-state index is -3.20. The fourth-order valence-electron chi connectivity index (χ4n) is 1.88. The van der Waals surface area contributed by atoms with Crippen molar-refractivity contribution in [1.29, 1.82) is 5.26 Å². The van der Waals surface area contributed by atoms with Crippen LogP contribution in [0.3, 0.4) is 0 Å². The summed E-state index contributed by atoms with van der Waals surface area (Å²) in [6.07, 6.45) is 0. The molecule has 0 aliphatic rings. The van der Waals surface area contributed by atoms with Crippen LogP contribution in [0.4, 0.5) is 0 Å². The molecule has 0 spiro atoms. The maximum atomic E-state index is 11.8. The van der Waals surface area contributed by atoms with Gasteiger partial charge in [-0.15, -0.1) is 0 Å². The topological polar surface area (TPSA) is 57.9 Å². The van der Waals surface area contributed by atoms with Crippen LogP contribution in [0.2, 0.25) is 0 Å². The minimum Gasteiger partial charge on any atom is -0.228 e. The predicted molar refractivity (Wildman–Crippen MR) is 68.2 cm³/mol. The monoisotopic (exact) mass is 251 g/mol. The highest BCUT2D eigenvalue weighted by Gasteiger charge is 2.16. The van der Waals surface area contributed by atoms with Crippen LogP contribution in [-0.2, 0) is 15.6 Å². The van der Waals surface area contributed by atoms with Gasteiger partial charge in [-0.3, -0.25) is 0 Å². The second-order valence-corrected chi connectivity index (χ2v) is 6.69. The molecule has 0 fully saturated rings. The van der Waals surface area contributed by atoms with Crippen LogP contribution >= 0.6 is 0 Å². The fraction of sp³-hybridized carbons (Fsp3) is 0.462. The number of benzene rings is 1. The molecule has 0 aliphatic carbocycles. The Morgan fingerprint density at radius 2 is 1.76 bits per heavy atom. The van der Waals surface area contributed by atoms with E-state index in [0.29, 0.717) is 0 Å². The van der Waals surface area contributed by atoms with E-state index in [1.807, 2.05) is 38.1 Å². The number of nitrogens with zero attached hydrogens (tertiary/aromatic N) is 1. The highest BCUT2D eigenvalue weighted by atomic mass is 32.2. The first-order valence-electron chi connectivity index (χ1n) is 5.49. The number of nitriles is 1. The van der Waals surface area contributed by atoms with Crippen LogP contribution < -0.4 is 0 Å². The molecule has 0 radical (unpaired) electrons. The molecule has 4 heteroatoms. The quantitative estimate of drug-likeness (QED) is 0.825. The van der Waals surface area contributed by atoms with Gasteiger partial charge in [-0.25, -0.2) is 8.42 Å². The number of sulfone groups is 1. The van der Waals surface area contributed by atoms with Gasteiger partial charge in [0.2, 0.25) is 0 Å². The lowest BCUT2D eigenvalue weighted by Gasteiger charge is -2.07. The Kier molecular flexibility index (Phi) is 4.30. The van der Waals surface area contributed by atoms with Gasteiger partial charge in [0.05, 0.1) is 23.5 Å². The van der Waals surface area contributed by atoms with Crippen LogP contribution in [0.5, 0.6) is 0 Å². The van der Waals surface area contributed by atoms with E-state index < -0.39 is 15.8 Å². The molecule has 0 saturated heterocycles. The summed E-state index contributed by atoms with van der Waals surface area (Å²) in [5.41, 5.74) is 2.92. The summed E-state index contributed by atoms with van der Waals surface area (Å²) >= 11 is 0. The molecule has 0 N–H and O–H groups in total. The molecule has 1 atom stereocenters. The Hall–Kier alpha value is -1.34. The van der Waals surface area contributed by atoms with Gasteiger partial charge in [0.1, 0.15) is 0 Å². The van der Waals surface area contributed by atoms with Gasteiger partial charge in [-0.05, 0) is 26.3 Å². The lowest BCUT2D eigenvalue weighted by Crippen LogP contribution is -2.14. The normalized spacial score (nSPS) is 13.1. The highest BCUT2D eigenvalue weighted by Crippen LogP contribution is 2.14. The molecule has 1 rings (SSSR count). The van der Waals surface area contributed by atoms with Crippen molar-refractivity contribution < 1.29 is 8.42 Å². The SMILES string of the molecule is Cc1cc(C)cc(CS(=O)(=O)CC(C)C#N)c1. The van der Waals surface area contributed by atoms with Gasteiger partial charge in [-0.2, -0.15) is 5.26 Å². The van der Waals surface area contributed by atoms with E-state index in [0.717, 1.165) is 16.7 Å². The summed E-state index contributed by atoms with van der Waals surface area (Å²) in [5, 5.41) is 8.64. The Morgan fingerprint density at radius 3 is 2.24 bits per heavy atom. The van der Waals surface area contributed by atoms with Gasteiger partial charge in [-0.1, -0.05) is 29.3 Å². The van der Waals surface area contributed by atoms with Crippen molar-refractivity contribution in [2.24, 2.45) is 5.92 Å². The second-order valence-electron chi connectivity index (χ2n) is 4.58. The third kappa shape index (κ3) is 4.58. The van der Waals surface area contributed by atoms with Crippen LogP contribution in [0.1, 0.15) is 23.6 Å². The van der Waals surface area contributed by atoms with Gasteiger partial charge in [0.25, 0.3) is 0 Å². The molecule has 0 amide bonds. The lowest BCUT2D eigenvalue weighted by atomic mass is 10.1.